The van der Waals surface area contributed by atoms with E-state index in [-0.39, 0.29) is 17.9 Å². The lowest BCUT2D eigenvalue weighted by molar-refractivity contribution is -0.151. The Morgan fingerprint density at radius 2 is 2.00 bits per heavy atom. The summed E-state index contributed by atoms with van der Waals surface area (Å²) < 4.78 is 0. The summed E-state index contributed by atoms with van der Waals surface area (Å²) >= 11 is 0. The fraction of sp³-hybridized carbons (Fsp3) is 0.562. The highest BCUT2D eigenvalue weighted by atomic mass is 16.3. The largest absolute Gasteiger partial charge is 0.392 e. The van der Waals surface area contributed by atoms with E-state index in [4.69, 9.17) is 0 Å². The van der Waals surface area contributed by atoms with Crippen molar-refractivity contribution in [3.8, 4) is 0 Å². The summed E-state index contributed by atoms with van der Waals surface area (Å²) in [6.07, 6.45) is 2.15. The number of aliphatic hydroxyl groups is 1. The summed E-state index contributed by atoms with van der Waals surface area (Å²) in [7, 11) is 0. The van der Waals surface area contributed by atoms with Gasteiger partial charge >= 0.3 is 0 Å². The van der Waals surface area contributed by atoms with Crippen LogP contribution >= 0.6 is 0 Å². The van der Waals surface area contributed by atoms with Crippen molar-refractivity contribution in [2.45, 2.75) is 38.3 Å². The highest BCUT2D eigenvalue weighted by Gasteiger charge is 2.44. The molecule has 1 aromatic carbocycles. The number of benzene rings is 1. The first-order chi connectivity index (χ1) is 9.18. The molecule has 1 aliphatic heterocycles. The first-order valence-electron chi connectivity index (χ1n) is 7.22. The highest BCUT2D eigenvalue weighted by molar-refractivity contribution is 5.81. The molecule has 1 amide bonds. The first-order valence-corrected chi connectivity index (χ1v) is 7.22. The maximum Gasteiger partial charge on any atom is 0.228 e. The second kappa shape index (κ2) is 4.97. The van der Waals surface area contributed by atoms with E-state index in [2.05, 4.69) is 19.1 Å². The number of rotatable bonds is 2. The van der Waals surface area contributed by atoms with Crippen molar-refractivity contribution in [1.82, 2.24) is 4.90 Å². The van der Waals surface area contributed by atoms with E-state index < -0.39 is 6.10 Å². The van der Waals surface area contributed by atoms with Gasteiger partial charge in [0.15, 0.2) is 0 Å². The fourth-order valence-electron chi connectivity index (χ4n) is 3.52. The Morgan fingerprint density at radius 1 is 1.26 bits per heavy atom. The Labute approximate surface area is 114 Å². The van der Waals surface area contributed by atoms with Crippen molar-refractivity contribution in [3.05, 3.63) is 35.9 Å². The van der Waals surface area contributed by atoms with E-state index in [9.17, 15) is 9.90 Å². The SMILES string of the molecule is CC1CN(C(=O)C2CCCC2O)C1c1ccccc1. The molecule has 3 rings (SSSR count). The van der Waals surface area contributed by atoms with Gasteiger partial charge in [-0.2, -0.15) is 0 Å². The van der Waals surface area contributed by atoms with Gasteiger partial charge in [0, 0.05) is 6.54 Å². The van der Waals surface area contributed by atoms with Crippen molar-refractivity contribution in [3.63, 3.8) is 0 Å². The van der Waals surface area contributed by atoms with Crippen LogP contribution in [0.15, 0.2) is 30.3 Å². The maximum atomic E-state index is 12.5. The third-order valence-electron chi connectivity index (χ3n) is 4.58. The number of carbonyl (C=O) groups is 1. The van der Waals surface area contributed by atoms with Crippen LogP contribution in [0.4, 0.5) is 0 Å². The number of aliphatic hydroxyl groups excluding tert-OH is 1. The van der Waals surface area contributed by atoms with Crippen molar-refractivity contribution in [2.24, 2.45) is 11.8 Å². The first kappa shape index (κ1) is 12.7. The molecule has 1 saturated carbocycles. The van der Waals surface area contributed by atoms with Crippen LogP contribution < -0.4 is 0 Å². The summed E-state index contributed by atoms with van der Waals surface area (Å²) in [6, 6.07) is 10.4. The number of likely N-dealkylation sites (tertiary alicyclic amines) is 1. The zero-order chi connectivity index (χ0) is 13.4. The van der Waals surface area contributed by atoms with Crippen LogP contribution in [0.2, 0.25) is 0 Å². The summed E-state index contributed by atoms with van der Waals surface area (Å²) in [6.45, 7) is 3.01. The van der Waals surface area contributed by atoms with Gasteiger partial charge in [0.05, 0.1) is 18.1 Å². The molecule has 2 fully saturated rings. The monoisotopic (exact) mass is 259 g/mol. The third kappa shape index (κ3) is 2.16. The predicted molar refractivity (Wildman–Crippen MR) is 73.4 cm³/mol. The molecule has 1 aromatic rings. The van der Waals surface area contributed by atoms with Crippen LogP contribution in [0.5, 0.6) is 0 Å². The molecular weight excluding hydrogens is 238 g/mol. The molecule has 1 aliphatic carbocycles. The summed E-state index contributed by atoms with van der Waals surface area (Å²) in [4.78, 5) is 14.5. The molecule has 0 spiro atoms. The van der Waals surface area contributed by atoms with Crippen LogP contribution in [0.25, 0.3) is 0 Å². The van der Waals surface area contributed by atoms with Crippen LogP contribution in [-0.4, -0.2) is 28.6 Å². The van der Waals surface area contributed by atoms with E-state index in [1.54, 1.807) is 0 Å². The molecule has 3 heteroatoms. The van der Waals surface area contributed by atoms with Gasteiger partial charge in [-0.1, -0.05) is 37.3 Å². The maximum absolute atomic E-state index is 12.5. The predicted octanol–water partition coefficient (Wildman–Crippen LogP) is 2.37. The molecule has 1 saturated heterocycles. The molecule has 0 aromatic heterocycles. The highest BCUT2D eigenvalue weighted by Crippen LogP contribution is 2.41. The van der Waals surface area contributed by atoms with E-state index in [1.807, 2.05) is 23.1 Å². The molecule has 3 nitrogen and oxygen atoms in total. The van der Waals surface area contributed by atoms with Crippen LogP contribution in [0.3, 0.4) is 0 Å². The molecule has 2 aliphatic rings. The summed E-state index contributed by atoms with van der Waals surface area (Å²) in [5.41, 5.74) is 1.21. The van der Waals surface area contributed by atoms with Gasteiger partial charge in [-0.15, -0.1) is 0 Å². The van der Waals surface area contributed by atoms with Gasteiger partial charge in [0.25, 0.3) is 0 Å². The van der Waals surface area contributed by atoms with E-state index in [0.717, 1.165) is 25.8 Å². The van der Waals surface area contributed by atoms with Crippen LogP contribution in [0.1, 0.15) is 37.8 Å². The molecule has 4 atom stereocenters. The van der Waals surface area contributed by atoms with Gasteiger partial charge in [0.1, 0.15) is 0 Å². The topological polar surface area (TPSA) is 40.5 Å². The van der Waals surface area contributed by atoms with Crippen molar-refractivity contribution in [2.75, 3.05) is 6.54 Å². The second-order valence-electron chi connectivity index (χ2n) is 5.93. The van der Waals surface area contributed by atoms with Crippen molar-refractivity contribution >= 4 is 5.91 Å². The summed E-state index contributed by atoms with van der Waals surface area (Å²) in [5, 5.41) is 9.90. The van der Waals surface area contributed by atoms with Crippen LogP contribution in [0, 0.1) is 11.8 Å². The second-order valence-corrected chi connectivity index (χ2v) is 5.93. The number of carbonyl (C=O) groups excluding carboxylic acids is 1. The van der Waals surface area contributed by atoms with E-state index >= 15 is 0 Å². The standard InChI is InChI=1S/C16H21NO2/c1-11-10-17(15(11)12-6-3-2-4-7-12)16(19)13-8-5-9-14(13)18/h2-4,6-7,11,13-15,18H,5,8-10H2,1H3. The smallest absolute Gasteiger partial charge is 0.228 e. The van der Waals surface area contributed by atoms with Crippen molar-refractivity contribution < 1.29 is 9.90 Å². The Hall–Kier alpha value is -1.35. The molecule has 4 unspecified atom stereocenters. The number of hydrogen-bond donors (Lipinski definition) is 1. The van der Waals surface area contributed by atoms with Gasteiger partial charge in [-0.25, -0.2) is 0 Å². The molecule has 0 radical (unpaired) electrons. The average molecular weight is 259 g/mol. The molecule has 19 heavy (non-hydrogen) atoms. The Kier molecular flexibility index (Phi) is 3.31. The van der Waals surface area contributed by atoms with Gasteiger partial charge in [-0.3, -0.25) is 4.79 Å². The Balaban J connectivity index is 1.76. The van der Waals surface area contributed by atoms with E-state index in [1.165, 1.54) is 5.56 Å². The molecule has 1 N–H and O–H groups in total. The lowest BCUT2D eigenvalue weighted by atomic mass is 9.83. The molecule has 102 valence electrons. The number of amides is 1. The Morgan fingerprint density at radius 3 is 2.58 bits per heavy atom. The minimum atomic E-state index is -0.431. The number of hydrogen-bond acceptors (Lipinski definition) is 2. The lowest BCUT2D eigenvalue weighted by Gasteiger charge is -2.48. The van der Waals surface area contributed by atoms with E-state index in [0.29, 0.717) is 5.92 Å². The summed E-state index contributed by atoms with van der Waals surface area (Å²) in [5.74, 6) is 0.487. The third-order valence-corrected chi connectivity index (χ3v) is 4.58. The normalized spacial score (nSPS) is 34.1. The quantitative estimate of drug-likeness (QED) is 0.885. The minimum Gasteiger partial charge on any atom is -0.392 e. The zero-order valence-corrected chi connectivity index (χ0v) is 11.3. The fourth-order valence-corrected chi connectivity index (χ4v) is 3.52. The van der Waals surface area contributed by atoms with Crippen molar-refractivity contribution in [1.29, 1.82) is 0 Å². The van der Waals surface area contributed by atoms with Gasteiger partial charge in [-0.05, 0) is 30.7 Å². The van der Waals surface area contributed by atoms with Gasteiger partial charge < -0.3 is 10.0 Å². The molecule has 0 bridgehead atoms. The Bertz CT molecular complexity index is 459. The average Bonchev–Trinajstić information content (AvgIpc) is 2.82. The molecule has 1 heterocycles. The van der Waals surface area contributed by atoms with Crippen LogP contribution in [-0.2, 0) is 4.79 Å². The number of nitrogens with zero attached hydrogens (tertiary/aromatic N) is 1. The minimum absolute atomic E-state index is 0.150. The molecular formula is C16H21NO2. The lowest BCUT2D eigenvalue weighted by Crippen LogP contribution is -2.54. The van der Waals surface area contributed by atoms with Gasteiger partial charge in [0.2, 0.25) is 5.91 Å². The zero-order valence-electron chi connectivity index (χ0n) is 11.3.